The third kappa shape index (κ3) is 1.81. The molecule has 2 rings (SSSR count). The van der Waals surface area contributed by atoms with Crippen LogP contribution in [0.4, 0.5) is 0 Å². The van der Waals surface area contributed by atoms with E-state index < -0.39 is 0 Å². The Morgan fingerprint density at radius 2 is 2.36 bits per heavy atom. The van der Waals surface area contributed by atoms with Gasteiger partial charge in [-0.1, -0.05) is 0 Å². The minimum atomic E-state index is -0.218. The third-order valence-corrected chi connectivity index (χ3v) is 3.53. The molecule has 1 saturated carbocycles. The van der Waals surface area contributed by atoms with Crippen molar-refractivity contribution in [2.45, 2.75) is 31.9 Å². The van der Waals surface area contributed by atoms with Crippen LogP contribution in [-0.2, 0) is 0 Å². The molecule has 0 aliphatic heterocycles. The van der Waals surface area contributed by atoms with Crippen LogP contribution in [0.5, 0.6) is 0 Å². The zero-order chi connectivity index (χ0) is 10.1. The molecule has 0 unspecified atom stereocenters. The number of aliphatic hydroxyl groups excluding tert-OH is 1. The van der Waals surface area contributed by atoms with E-state index in [-0.39, 0.29) is 18.1 Å². The van der Waals surface area contributed by atoms with Gasteiger partial charge in [0.1, 0.15) is 0 Å². The maximum Gasteiger partial charge on any atom is 0.261 e. The molecule has 0 bridgehead atoms. The van der Waals surface area contributed by atoms with Crippen LogP contribution in [0.2, 0.25) is 0 Å². The summed E-state index contributed by atoms with van der Waals surface area (Å²) in [7, 11) is 0. The quantitative estimate of drug-likeness (QED) is 0.775. The van der Waals surface area contributed by atoms with Gasteiger partial charge in [-0.3, -0.25) is 4.79 Å². The summed E-state index contributed by atoms with van der Waals surface area (Å²) < 4.78 is 0. The maximum atomic E-state index is 11.7. The summed E-state index contributed by atoms with van der Waals surface area (Å²) in [5, 5.41) is 13.9. The van der Waals surface area contributed by atoms with Gasteiger partial charge in [0, 0.05) is 6.04 Å². The zero-order valence-electron chi connectivity index (χ0n) is 7.99. The van der Waals surface area contributed by atoms with Crippen LogP contribution >= 0.6 is 11.3 Å². The topological polar surface area (TPSA) is 49.3 Å². The molecule has 1 fully saturated rings. The van der Waals surface area contributed by atoms with Crippen LogP contribution in [0.3, 0.4) is 0 Å². The number of hydrogen-bond donors (Lipinski definition) is 2. The lowest BCUT2D eigenvalue weighted by Crippen LogP contribution is -2.46. The average molecular weight is 211 g/mol. The number of aryl methyl sites for hydroxylation is 1. The fraction of sp³-hybridized carbons (Fsp3) is 0.500. The van der Waals surface area contributed by atoms with Gasteiger partial charge in [0.15, 0.2) is 0 Å². The highest BCUT2D eigenvalue weighted by Crippen LogP contribution is 2.21. The van der Waals surface area contributed by atoms with E-state index in [1.165, 1.54) is 11.3 Å². The van der Waals surface area contributed by atoms with E-state index in [1.54, 1.807) is 0 Å². The van der Waals surface area contributed by atoms with Crippen molar-refractivity contribution in [3.63, 3.8) is 0 Å². The van der Waals surface area contributed by atoms with Crippen LogP contribution in [0.1, 0.15) is 28.1 Å². The summed E-state index contributed by atoms with van der Waals surface area (Å²) in [4.78, 5) is 12.4. The number of thiophene rings is 1. The summed E-state index contributed by atoms with van der Waals surface area (Å²) in [6.07, 6.45) is 1.16. The lowest BCUT2D eigenvalue weighted by molar-refractivity contribution is 0.0564. The second-order valence-corrected chi connectivity index (χ2v) is 4.64. The first-order chi connectivity index (χ1) is 6.66. The predicted octanol–water partition coefficient (Wildman–Crippen LogP) is 1.31. The fourth-order valence-corrected chi connectivity index (χ4v) is 2.39. The smallest absolute Gasteiger partial charge is 0.261 e. The number of hydrogen-bond acceptors (Lipinski definition) is 3. The van der Waals surface area contributed by atoms with E-state index in [4.69, 9.17) is 5.11 Å². The van der Waals surface area contributed by atoms with Gasteiger partial charge in [0.05, 0.1) is 11.0 Å². The summed E-state index contributed by atoms with van der Waals surface area (Å²) in [5.41, 5.74) is 1.02. The van der Waals surface area contributed by atoms with E-state index >= 15 is 0 Å². The third-order valence-electron chi connectivity index (χ3n) is 2.52. The van der Waals surface area contributed by atoms with Crippen LogP contribution in [-0.4, -0.2) is 23.2 Å². The summed E-state index contributed by atoms with van der Waals surface area (Å²) in [6.45, 7) is 1.93. The van der Waals surface area contributed by atoms with Crippen LogP contribution < -0.4 is 5.32 Å². The van der Waals surface area contributed by atoms with Gasteiger partial charge in [-0.15, -0.1) is 11.3 Å². The molecule has 2 N–H and O–H groups in total. The monoisotopic (exact) mass is 211 g/mol. The average Bonchev–Trinajstić information content (AvgIpc) is 2.48. The van der Waals surface area contributed by atoms with Crippen LogP contribution in [0, 0.1) is 6.92 Å². The Bertz CT molecular complexity index is 342. The van der Waals surface area contributed by atoms with E-state index in [1.807, 2.05) is 18.4 Å². The second kappa shape index (κ2) is 3.71. The van der Waals surface area contributed by atoms with Gasteiger partial charge in [-0.05, 0) is 36.8 Å². The molecule has 0 atom stereocenters. The van der Waals surface area contributed by atoms with Crippen molar-refractivity contribution in [2.75, 3.05) is 0 Å². The molecule has 3 nitrogen and oxygen atoms in total. The van der Waals surface area contributed by atoms with E-state index in [0.717, 1.165) is 10.4 Å². The van der Waals surface area contributed by atoms with Gasteiger partial charge in [0.25, 0.3) is 5.91 Å². The molecule has 1 aromatic heterocycles. The molecule has 76 valence electrons. The standard InChI is InChI=1S/C10H13NO2S/c1-6-2-3-14-9(6)10(13)11-7-4-8(12)5-7/h2-3,7-8,12H,4-5H2,1H3,(H,11,13). The number of carbonyl (C=O) groups is 1. The lowest BCUT2D eigenvalue weighted by Gasteiger charge is -2.31. The van der Waals surface area contributed by atoms with Gasteiger partial charge in [-0.2, -0.15) is 0 Å². The zero-order valence-corrected chi connectivity index (χ0v) is 8.80. The SMILES string of the molecule is Cc1ccsc1C(=O)NC1CC(O)C1. The molecule has 0 saturated heterocycles. The summed E-state index contributed by atoms with van der Waals surface area (Å²) in [6, 6.07) is 2.11. The minimum absolute atomic E-state index is 0.00519. The highest BCUT2D eigenvalue weighted by Gasteiger charge is 2.29. The first kappa shape index (κ1) is 9.68. The van der Waals surface area contributed by atoms with Crippen molar-refractivity contribution >= 4 is 17.2 Å². The number of nitrogens with one attached hydrogen (secondary N) is 1. The molecular formula is C10H13NO2S. The Hall–Kier alpha value is -0.870. The molecule has 1 aromatic rings. The Kier molecular flexibility index (Phi) is 2.56. The highest BCUT2D eigenvalue weighted by atomic mass is 32.1. The predicted molar refractivity (Wildman–Crippen MR) is 55.6 cm³/mol. The van der Waals surface area contributed by atoms with Crippen molar-refractivity contribution in [1.82, 2.24) is 5.32 Å². The van der Waals surface area contributed by atoms with Crippen molar-refractivity contribution < 1.29 is 9.90 Å². The van der Waals surface area contributed by atoms with Crippen molar-refractivity contribution in [3.05, 3.63) is 21.9 Å². The summed E-state index contributed by atoms with van der Waals surface area (Å²) >= 11 is 1.46. The summed E-state index contributed by atoms with van der Waals surface area (Å²) in [5.74, 6) is -0.00519. The van der Waals surface area contributed by atoms with Crippen molar-refractivity contribution in [3.8, 4) is 0 Å². The Labute approximate surface area is 86.8 Å². The van der Waals surface area contributed by atoms with E-state index in [9.17, 15) is 4.79 Å². The van der Waals surface area contributed by atoms with Gasteiger partial charge in [-0.25, -0.2) is 0 Å². The van der Waals surface area contributed by atoms with Gasteiger partial charge in [0.2, 0.25) is 0 Å². The lowest BCUT2D eigenvalue weighted by atomic mass is 9.89. The Morgan fingerprint density at radius 3 is 2.86 bits per heavy atom. The molecule has 0 aromatic carbocycles. The number of amides is 1. The molecule has 1 heterocycles. The van der Waals surface area contributed by atoms with E-state index in [2.05, 4.69) is 5.32 Å². The fourth-order valence-electron chi connectivity index (χ4n) is 1.56. The number of carbonyl (C=O) groups excluding carboxylic acids is 1. The first-order valence-electron chi connectivity index (χ1n) is 4.70. The van der Waals surface area contributed by atoms with Gasteiger partial charge >= 0.3 is 0 Å². The van der Waals surface area contributed by atoms with Crippen LogP contribution in [0.25, 0.3) is 0 Å². The van der Waals surface area contributed by atoms with Gasteiger partial charge < -0.3 is 10.4 Å². The minimum Gasteiger partial charge on any atom is -0.393 e. The normalized spacial score (nSPS) is 25.6. The van der Waals surface area contributed by atoms with Crippen LogP contribution in [0.15, 0.2) is 11.4 Å². The molecule has 14 heavy (non-hydrogen) atoms. The molecule has 0 spiro atoms. The Morgan fingerprint density at radius 1 is 1.64 bits per heavy atom. The molecule has 4 heteroatoms. The molecule has 1 aliphatic carbocycles. The van der Waals surface area contributed by atoms with Crippen molar-refractivity contribution in [1.29, 1.82) is 0 Å². The largest absolute Gasteiger partial charge is 0.393 e. The molecule has 1 aliphatic rings. The van der Waals surface area contributed by atoms with Crippen molar-refractivity contribution in [2.24, 2.45) is 0 Å². The highest BCUT2D eigenvalue weighted by molar-refractivity contribution is 7.12. The maximum absolute atomic E-state index is 11.7. The first-order valence-corrected chi connectivity index (χ1v) is 5.58. The second-order valence-electron chi connectivity index (χ2n) is 3.73. The molecule has 1 amide bonds. The molecular weight excluding hydrogens is 198 g/mol. The Balaban J connectivity index is 1.93. The number of rotatable bonds is 2. The van der Waals surface area contributed by atoms with E-state index in [0.29, 0.717) is 12.8 Å². The molecule has 0 radical (unpaired) electrons. The number of aliphatic hydroxyl groups is 1.